The molecule has 0 radical (unpaired) electrons. The van der Waals surface area contributed by atoms with E-state index < -0.39 is 0 Å². The summed E-state index contributed by atoms with van der Waals surface area (Å²) in [5.74, 6) is 2.25. The molecule has 1 aliphatic carbocycles. The van der Waals surface area contributed by atoms with Gasteiger partial charge in [0, 0.05) is 18.2 Å². The van der Waals surface area contributed by atoms with Gasteiger partial charge in [-0.2, -0.15) is 0 Å². The topological polar surface area (TPSA) is 94.0 Å². The summed E-state index contributed by atoms with van der Waals surface area (Å²) in [6.07, 6.45) is 8.24. The second kappa shape index (κ2) is 8.52. The van der Waals surface area contributed by atoms with E-state index >= 15 is 0 Å². The van der Waals surface area contributed by atoms with E-state index in [4.69, 9.17) is 4.74 Å². The van der Waals surface area contributed by atoms with Crippen LogP contribution in [0.25, 0.3) is 5.69 Å². The van der Waals surface area contributed by atoms with Crippen molar-refractivity contribution in [2.75, 3.05) is 17.7 Å². The zero-order valence-corrected chi connectivity index (χ0v) is 17.4. The van der Waals surface area contributed by atoms with Gasteiger partial charge in [-0.05, 0) is 51.3 Å². The van der Waals surface area contributed by atoms with Crippen LogP contribution < -0.4 is 20.9 Å². The Kier molecular flexibility index (Phi) is 5.65. The Morgan fingerprint density at radius 2 is 1.73 bits per heavy atom. The fraction of sp³-hybridized carbons (Fsp3) is 0.364. The first-order valence-corrected chi connectivity index (χ1v) is 10.1. The van der Waals surface area contributed by atoms with Crippen LogP contribution in [-0.2, 0) is 0 Å². The molecule has 3 heterocycles. The SMILES string of the molecule is COc1ccc(=O)n(-c2ccc(N[C@H]3CC[C@H](Nc4cnc(C)c(C)n4)C3)nc2)c1. The minimum Gasteiger partial charge on any atom is -0.495 e. The van der Waals surface area contributed by atoms with E-state index in [1.165, 1.54) is 10.6 Å². The molecule has 0 saturated heterocycles. The summed E-state index contributed by atoms with van der Waals surface area (Å²) in [4.78, 5) is 25.6. The molecule has 4 rings (SSSR count). The Morgan fingerprint density at radius 3 is 2.40 bits per heavy atom. The van der Waals surface area contributed by atoms with Gasteiger partial charge in [0.15, 0.2) is 0 Å². The van der Waals surface area contributed by atoms with E-state index in [-0.39, 0.29) is 5.56 Å². The molecule has 30 heavy (non-hydrogen) atoms. The Bertz CT molecular complexity index is 1080. The van der Waals surface area contributed by atoms with Crippen molar-refractivity contribution >= 4 is 11.6 Å². The summed E-state index contributed by atoms with van der Waals surface area (Å²) in [5, 5.41) is 6.98. The zero-order chi connectivity index (χ0) is 21.1. The van der Waals surface area contributed by atoms with Crippen LogP contribution in [0.15, 0.2) is 47.7 Å². The van der Waals surface area contributed by atoms with Gasteiger partial charge in [-0.3, -0.25) is 14.3 Å². The molecule has 8 nitrogen and oxygen atoms in total. The molecule has 8 heteroatoms. The lowest BCUT2D eigenvalue weighted by Crippen LogP contribution is -2.22. The maximum absolute atomic E-state index is 12.1. The van der Waals surface area contributed by atoms with Crippen LogP contribution in [0.4, 0.5) is 11.6 Å². The van der Waals surface area contributed by atoms with Crippen molar-refractivity contribution in [3.63, 3.8) is 0 Å². The van der Waals surface area contributed by atoms with Crippen molar-refractivity contribution in [2.45, 2.75) is 45.2 Å². The molecule has 2 atom stereocenters. The van der Waals surface area contributed by atoms with Crippen LogP contribution >= 0.6 is 0 Å². The average molecular weight is 406 g/mol. The van der Waals surface area contributed by atoms with Crippen molar-refractivity contribution in [2.24, 2.45) is 0 Å². The first kappa shape index (κ1) is 19.9. The van der Waals surface area contributed by atoms with Gasteiger partial charge in [0.1, 0.15) is 17.4 Å². The summed E-state index contributed by atoms with van der Waals surface area (Å²) in [6.45, 7) is 3.94. The van der Waals surface area contributed by atoms with Crippen molar-refractivity contribution in [3.05, 3.63) is 64.6 Å². The lowest BCUT2D eigenvalue weighted by Gasteiger charge is -2.16. The number of ether oxygens (including phenoxy) is 1. The van der Waals surface area contributed by atoms with Crippen LogP contribution in [0, 0.1) is 13.8 Å². The van der Waals surface area contributed by atoms with Gasteiger partial charge in [-0.25, -0.2) is 9.97 Å². The highest BCUT2D eigenvalue weighted by Crippen LogP contribution is 2.25. The van der Waals surface area contributed by atoms with E-state index in [1.54, 1.807) is 31.8 Å². The number of rotatable bonds is 6. The monoisotopic (exact) mass is 406 g/mol. The lowest BCUT2D eigenvalue weighted by molar-refractivity contribution is 0.411. The number of aryl methyl sites for hydroxylation is 2. The quantitative estimate of drug-likeness (QED) is 0.650. The minimum atomic E-state index is -0.127. The maximum Gasteiger partial charge on any atom is 0.255 e. The van der Waals surface area contributed by atoms with E-state index in [1.807, 2.05) is 26.0 Å². The van der Waals surface area contributed by atoms with E-state index in [2.05, 4.69) is 25.6 Å². The van der Waals surface area contributed by atoms with Crippen LogP contribution in [0.5, 0.6) is 5.75 Å². The average Bonchev–Trinajstić information content (AvgIpc) is 3.18. The van der Waals surface area contributed by atoms with Crippen LogP contribution in [-0.4, -0.2) is 38.7 Å². The molecule has 1 saturated carbocycles. The number of nitrogens with zero attached hydrogens (tertiary/aromatic N) is 4. The van der Waals surface area contributed by atoms with Crippen molar-refractivity contribution in [1.82, 2.24) is 19.5 Å². The second-order valence-electron chi connectivity index (χ2n) is 7.60. The predicted molar refractivity (Wildman–Crippen MR) is 117 cm³/mol. The Hall–Kier alpha value is -3.42. The minimum absolute atomic E-state index is 0.127. The number of hydrogen-bond donors (Lipinski definition) is 2. The molecule has 0 amide bonds. The molecule has 1 fully saturated rings. The molecule has 0 bridgehead atoms. The number of pyridine rings is 2. The molecule has 2 N–H and O–H groups in total. The van der Waals surface area contributed by atoms with Gasteiger partial charge in [-0.15, -0.1) is 0 Å². The predicted octanol–water partition coefficient (Wildman–Crippen LogP) is 3.09. The molecule has 3 aromatic rings. The highest BCUT2D eigenvalue weighted by molar-refractivity contribution is 5.43. The fourth-order valence-corrected chi connectivity index (χ4v) is 3.68. The number of anilines is 2. The normalized spacial score (nSPS) is 18.2. The van der Waals surface area contributed by atoms with E-state index in [0.717, 1.165) is 42.3 Å². The highest BCUT2D eigenvalue weighted by atomic mass is 16.5. The third-order valence-corrected chi connectivity index (χ3v) is 5.47. The molecular weight excluding hydrogens is 380 g/mol. The molecule has 0 aliphatic heterocycles. The standard InChI is InChI=1S/C22H26N6O2/c1-14-15(2)25-21(12-23-14)27-17-5-4-16(10-17)26-20-8-6-18(11-24-20)28-13-19(30-3)7-9-22(28)29/h6-9,11-13,16-17H,4-5,10H2,1-3H3,(H,24,26)(H,25,27)/t16-,17-/m0/s1. The van der Waals surface area contributed by atoms with Crippen molar-refractivity contribution in [3.8, 4) is 11.4 Å². The van der Waals surface area contributed by atoms with Gasteiger partial charge in [-0.1, -0.05) is 0 Å². The molecular formula is C22H26N6O2. The van der Waals surface area contributed by atoms with Crippen molar-refractivity contribution in [1.29, 1.82) is 0 Å². The zero-order valence-electron chi connectivity index (χ0n) is 17.4. The van der Waals surface area contributed by atoms with E-state index in [9.17, 15) is 4.79 Å². The van der Waals surface area contributed by atoms with Gasteiger partial charge in [0.25, 0.3) is 5.56 Å². The Morgan fingerprint density at radius 1 is 0.967 bits per heavy atom. The third-order valence-electron chi connectivity index (χ3n) is 5.47. The first-order valence-electron chi connectivity index (χ1n) is 10.1. The Balaban J connectivity index is 1.37. The largest absolute Gasteiger partial charge is 0.495 e. The highest BCUT2D eigenvalue weighted by Gasteiger charge is 2.25. The summed E-state index contributed by atoms with van der Waals surface area (Å²) in [7, 11) is 1.58. The lowest BCUT2D eigenvalue weighted by atomic mass is 10.2. The molecule has 156 valence electrons. The molecule has 0 unspecified atom stereocenters. The number of methoxy groups -OCH3 is 1. The van der Waals surface area contributed by atoms with Gasteiger partial charge < -0.3 is 15.4 Å². The summed E-state index contributed by atoms with van der Waals surface area (Å²) < 4.78 is 6.73. The molecule has 0 aromatic carbocycles. The molecule has 3 aromatic heterocycles. The van der Waals surface area contributed by atoms with Gasteiger partial charge in [0.05, 0.1) is 42.8 Å². The first-order chi connectivity index (χ1) is 14.5. The maximum atomic E-state index is 12.1. The number of nitrogens with one attached hydrogen (secondary N) is 2. The summed E-state index contributed by atoms with van der Waals surface area (Å²) in [6, 6.07) is 7.60. The molecule has 0 spiro atoms. The van der Waals surface area contributed by atoms with Crippen molar-refractivity contribution < 1.29 is 4.74 Å². The summed E-state index contributed by atoms with van der Waals surface area (Å²) in [5.41, 5.74) is 2.48. The van der Waals surface area contributed by atoms with Gasteiger partial charge in [0.2, 0.25) is 0 Å². The molecule has 1 aliphatic rings. The smallest absolute Gasteiger partial charge is 0.255 e. The van der Waals surface area contributed by atoms with E-state index in [0.29, 0.717) is 23.5 Å². The number of hydrogen-bond acceptors (Lipinski definition) is 7. The fourth-order valence-electron chi connectivity index (χ4n) is 3.68. The Labute approximate surface area is 175 Å². The second-order valence-corrected chi connectivity index (χ2v) is 7.60. The third kappa shape index (κ3) is 4.42. The van der Waals surface area contributed by atoms with Crippen LogP contribution in [0.2, 0.25) is 0 Å². The summed E-state index contributed by atoms with van der Waals surface area (Å²) >= 11 is 0. The van der Waals surface area contributed by atoms with Crippen LogP contribution in [0.1, 0.15) is 30.7 Å². The van der Waals surface area contributed by atoms with Gasteiger partial charge >= 0.3 is 0 Å². The number of aromatic nitrogens is 4. The van der Waals surface area contributed by atoms with Crippen LogP contribution in [0.3, 0.4) is 0 Å².